The smallest absolute Gasteiger partial charge is 0.335 e. The molecule has 4 aromatic carbocycles. The number of nitrogens with one attached hydrogen (secondary N) is 3. The van der Waals surface area contributed by atoms with Crippen molar-refractivity contribution in [3.8, 4) is 0 Å². The number of anilines is 2. The molecule has 17 rings (SSSR count). The van der Waals surface area contributed by atoms with Crippen molar-refractivity contribution in [2.24, 2.45) is 51.1 Å². The molecule has 20 atom stereocenters. The lowest BCUT2D eigenvalue weighted by Crippen LogP contribution is -2.70. The van der Waals surface area contributed by atoms with Crippen molar-refractivity contribution in [1.82, 2.24) is 20.2 Å². The average molecular weight is 1950 g/mol. The van der Waals surface area contributed by atoms with Crippen LogP contribution in [0.5, 0.6) is 0 Å². The SMILES string of the molecule is C[C@]12C=CC(=O)C=C1[C@@H](F)C[C@H]1[C@@H]3C[C@H]4OC(c5ccc(Cc6cccc(NC(=O)CCOCCOCCN)c6)cc5)O[C@@]4(C(=O)CO)[C@@]3(C)C[C@H](O)[C@@]12F.C[C@]12C=CC(=O)C=C1[C@@H](F)C[C@H]1[C@@H]3C[C@H]4OC(c5ccc(Cc6cccc(NC(=O)CCOCCOCCNC(=O)CCN7C(=O)C=CC7=O)c6)cc5)O[C@@]4(C(=O)CO)[C@@]3(C)C[C@H](O)[C@@]12F.O=C(CCN1C(=O)C=CC1=O)ON1C(=O)CCC1=O. The molecule has 2 unspecified atom stereocenters. The lowest BCUT2D eigenvalue weighted by Gasteiger charge is -2.63. The number of imide groups is 3. The zero-order valence-corrected chi connectivity index (χ0v) is 77.8. The van der Waals surface area contributed by atoms with Gasteiger partial charge in [-0.15, -0.1) is 5.06 Å². The zero-order valence-electron chi connectivity index (χ0n) is 77.8. The molecule has 0 radical (unpaired) electrons. The number of aliphatic hydroxyl groups excluding tert-OH is 4. The van der Waals surface area contributed by atoms with Crippen LogP contribution in [-0.2, 0) is 123 Å². The molecule has 9 amide bonds. The third-order valence-corrected chi connectivity index (χ3v) is 30.2. The molecule has 0 spiro atoms. The van der Waals surface area contributed by atoms with Gasteiger partial charge in [-0.1, -0.05) is 98.8 Å². The van der Waals surface area contributed by atoms with Crippen LogP contribution >= 0.6 is 0 Å². The number of carbonyl (C=O) groups is 14. The van der Waals surface area contributed by atoms with Gasteiger partial charge < -0.3 is 84.8 Å². The molecule has 9 fully saturated rings. The molecule has 4 aromatic rings. The van der Waals surface area contributed by atoms with Gasteiger partial charge in [-0.05, 0) is 159 Å². The number of hydroxylamine groups is 2. The number of carbonyl (C=O) groups excluding carboxylic acids is 14. The van der Waals surface area contributed by atoms with Crippen molar-refractivity contribution in [3.05, 3.63) is 202 Å². The fraction of sp³-hybridized carbons (Fsp3) is 0.510. The largest absolute Gasteiger partial charge is 0.390 e. The number of aliphatic hydroxyl groups is 4. The van der Waals surface area contributed by atoms with E-state index in [1.165, 1.54) is 50.3 Å². The number of hydrogen-bond donors (Lipinski definition) is 8. The number of halogens is 4. The molecule has 140 heavy (non-hydrogen) atoms. The zero-order chi connectivity index (χ0) is 100. The summed E-state index contributed by atoms with van der Waals surface area (Å²) < 4.78 is 115. The van der Waals surface area contributed by atoms with E-state index in [4.69, 9.17) is 43.6 Å². The molecule has 5 heterocycles. The minimum Gasteiger partial charge on any atom is -0.390 e. The Morgan fingerprint density at radius 2 is 0.879 bits per heavy atom. The second-order valence-corrected chi connectivity index (χ2v) is 38.3. The number of ketones is 4. The van der Waals surface area contributed by atoms with Crippen LogP contribution in [0, 0.1) is 45.3 Å². The Labute approximate surface area is 803 Å². The number of amides is 9. The predicted molar refractivity (Wildman–Crippen MR) is 486 cm³/mol. The van der Waals surface area contributed by atoms with Gasteiger partial charge in [-0.2, -0.15) is 0 Å². The summed E-state index contributed by atoms with van der Waals surface area (Å²) >= 11 is 0. The second-order valence-electron chi connectivity index (χ2n) is 38.3. The first kappa shape index (κ1) is 103. The first-order valence-corrected chi connectivity index (χ1v) is 47.1. The molecule has 0 aromatic heterocycles. The molecule has 34 nitrogen and oxygen atoms in total. The molecule has 38 heteroatoms. The predicted octanol–water partition coefficient (Wildman–Crippen LogP) is 6.86. The average Bonchev–Trinajstić information content (AvgIpc) is 1.44. The van der Waals surface area contributed by atoms with Crippen LogP contribution in [0.3, 0.4) is 0 Å². The van der Waals surface area contributed by atoms with Gasteiger partial charge in [0.1, 0.15) is 25.6 Å². The molecule has 13 aliphatic rings. The highest BCUT2D eigenvalue weighted by Crippen LogP contribution is 2.75. The Hall–Kier alpha value is -11.5. The molecule has 0 bridgehead atoms. The van der Waals surface area contributed by atoms with Crippen molar-refractivity contribution in [3.63, 3.8) is 0 Å². The number of benzene rings is 4. The van der Waals surface area contributed by atoms with Crippen LogP contribution in [0.2, 0.25) is 0 Å². The van der Waals surface area contributed by atoms with E-state index in [2.05, 4.69) is 20.8 Å². The Morgan fingerprint density at radius 1 is 0.479 bits per heavy atom. The lowest BCUT2D eigenvalue weighted by atomic mass is 9.44. The summed E-state index contributed by atoms with van der Waals surface area (Å²) in [5.74, 6) is -10.1. The van der Waals surface area contributed by atoms with E-state index in [0.717, 1.165) is 56.4 Å². The number of alkyl halides is 4. The van der Waals surface area contributed by atoms with E-state index in [9.17, 15) is 87.5 Å². The summed E-state index contributed by atoms with van der Waals surface area (Å²) in [4.78, 5) is 175. The maximum absolute atomic E-state index is 17.7. The summed E-state index contributed by atoms with van der Waals surface area (Å²) in [5, 5.41) is 53.0. The van der Waals surface area contributed by atoms with Crippen molar-refractivity contribution >= 4 is 93.6 Å². The summed E-state index contributed by atoms with van der Waals surface area (Å²) in [5.41, 5.74) is -1.95. The normalized spacial score (nSPS) is 32.2. The van der Waals surface area contributed by atoms with Gasteiger partial charge in [0.05, 0.1) is 96.5 Å². The highest BCUT2D eigenvalue weighted by molar-refractivity contribution is 6.14. The van der Waals surface area contributed by atoms with Crippen molar-refractivity contribution in [2.45, 2.75) is 189 Å². The van der Waals surface area contributed by atoms with Gasteiger partial charge in [0, 0.05) is 126 Å². The van der Waals surface area contributed by atoms with E-state index >= 15 is 17.6 Å². The van der Waals surface area contributed by atoms with Gasteiger partial charge >= 0.3 is 5.97 Å². The second kappa shape index (κ2) is 42.3. The van der Waals surface area contributed by atoms with Crippen LogP contribution in [0.15, 0.2) is 169 Å². The first-order valence-electron chi connectivity index (χ1n) is 47.1. The van der Waals surface area contributed by atoms with Gasteiger partial charge in [-0.25, -0.2) is 22.4 Å². The minimum absolute atomic E-state index is 0.00407. The molecular weight excluding hydrogens is 1830 g/mol. The number of ether oxygens (including phenoxy) is 8. The maximum atomic E-state index is 17.7. The summed E-state index contributed by atoms with van der Waals surface area (Å²) in [6.45, 7) is 7.85. The van der Waals surface area contributed by atoms with Crippen LogP contribution in [0.4, 0.5) is 28.9 Å². The summed E-state index contributed by atoms with van der Waals surface area (Å²) in [6, 6.07) is 29.9. The molecule has 8 aliphatic carbocycles. The number of allylic oxidation sites excluding steroid dienone is 8. The third-order valence-electron chi connectivity index (χ3n) is 30.2. The van der Waals surface area contributed by atoms with Crippen LogP contribution in [0.1, 0.15) is 151 Å². The number of rotatable bonds is 36. The fourth-order valence-electron chi connectivity index (χ4n) is 23.4. The maximum Gasteiger partial charge on any atom is 0.335 e. The van der Waals surface area contributed by atoms with Gasteiger partial charge in [0.25, 0.3) is 35.4 Å². The molecule has 3 saturated heterocycles. The van der Waals surface area contributed by atoms with Crippen LogP contribution in [0.25, 0.3) is 0 Å². The fourth-order valence-corrected chi connectivity index (χ4v) is 23.4. The molecular formula is C102H115F4N7O27. The Bertz CT molecular complexity index is 5640. The van der Waals surface area contributed by atoms with Crippen molar-refractivity contribution in [2.75, 3.05) is 103 Å². The molecule has 748 valence electrons. The Kier molecular flexibility index (Phi) is 31.1. The van der Waals surface area contributed by atoms with Gasteiger partial charge in [-0.3, -0.25) is 72.1 Å². The highest BCUT2D eigenvalue weighted by Gasteiger charge is 2.82. The van der Waals surface area contributed by atoms with E-state index < -0.39 is 195 Å². The van der Waals surface area contributed by atoms with E-state index in [1.807, 2.05) is 91.0 Å². The van der Waals surface area contributed by atoms with Crippen LogP contribution < -0.4 is 21.7 Å². The van der Waals surface area contributed by atoms with Crippen molar-refractivity contribution < 1.29 is 148 Å². The van der Waals surface area contributed by atoms with Gasteiger partial charge in [0.2, 0.25) is 17.7 Å². The quantitative estimate of drug-likeness (QED) is 0.0131. The van der Waals surface area contributed by atoms with E-state index in [-0.39, 0.29) is 159 Å². The number of Topliss-reactive ketones (excluding diaryl/α,β-unsaturated/α-hetero) is 2. The van der Waals surface area contributed by atoms with Crippen molar-refractivity contribution in [1.29, 1.82) is 0 Å². The standard InChI is InChI=1S/C49H55F2N3O12.C42H50F2N2O9.C11H10N2O6/c1-46-15-12-33(56)24-36(46)37(50)25-35-34-26-40-49(39(58)28-55,47(34,2)27-38(57)48(35,46)51)66-45(65-40)31-8-6-29(7-9-31)22-30-4-3-5-32(23-30)53-42(60)14-18-63-20-21-64-19-16-52-41(59)13-17-54-43(61)10-11-44(54)62;1-39-12-10-29(48)20-32(39)33(43)21-31-30-22-36-42(35(50)24-47,40(30,2)23-34(49)41(31,39)44)55-38(54-36)27-8-6-25(7-9-27)18-26-4-3-5-28(19-26)46-37(51)11-14-52-16-17-53-15-13-45;14-7-1-2-8(15)12(7)6-5-11(18)19-13-9(16)3-4-10(13)17/h3-12,15,23-24,34-35,37-38,40,45,55,57H,13-14,16-22,25-28H2,1-2H3,(H,52,59)(H,53,60);3-10,12,19-20,30-31,33-34,36,38,47,49H,11,13-18,21-24,45H2,1-2H3,(H,46,51);1-2H,3-6H2/t34-,35-,37-,38-,40+,45?,46-,47-,48-,49+;30-,31-,33-,34-,36+,38?,39-,40-,41-,42+;/m00./s1. The number of nitrogens with zero attached hydrogens (tertiary/aromatic N) is 3. The molecule has 6 saturated carbocycles. The Morgan fingerprint density at radius 3 is 1.29 bits per heavy atom. The summed E-state index contributed by atoms with van der Waals surface area (Å²) in [6.07, 6.45) is 2.17. The minimum atomic E-state index is -2.34. The number of hydrogen-bond acceptors (Lipinski definition) is 28. The van der Waals surface area contributed by atoms with Gasteiger partial charge in [0.15, 0.2) is 58.3 Å². The summed E-state index contributed by atoms with van der Waals surface area (Å²) in [7, 11) is 0. The third kappa shape index (κ3) is 19.6. The Balaban J connectivity index is 0.000000180. The molecule has 5 aliphatic heterocycles. The monoisotopic (exact) mass is 1950 g/mol. The number of nitrogens with two attached hydrogens (primary N) is 1. The topological polar surface area (TPSA) is 475 Å². The van der Waals surface area contributed by atoms with Crippen LogP contribution in [-0.4, -0.2) is 269 Å². The lowest BCUT2D eigenvalue weighted by molar-refractivity contribution is -0.235. The van der Waals surface area contributed by atoms with E-state index in [0.29, 0.717) is 66.8 Å². The molecule has 9 N–H and O–H groups in total. The highest BCUT2D eigenvalue weighted by atomic mass is 19.2. The number of fused-ring (bicyclic) bond motifs is 14. The first-order chi connectivity index (χ1) is 66.8. The van der Waals surface area contributed by atoms with E-state index in [1.54, 1.807) is 19.9 Å².